The molecule has 1 aliphatic heterocycles. The molecule has 0 amide bonds. The Bertz CT molecular complexity index is 237. The Morgan fingerprint density at radius 2 is 2.00 bits per heavy atom. The molecule has 0 aromatic heterocycles. The third-order valence-corrected chi connectivity index (χ3v) is 4.22. The first kappa shape index (κ1) is 14.2. The summed E-state index contributed by atoms with van der Waals surface area (Å²) in [6, 6.07) is 0. The number of alkyl halides is 2. The second-order valence-corrected chi connectivity index (χ2v) is 5.41. The van der Waals surface area contributed by atoms with E-state index in [2.05, 4.69) is 10.2 Å². The lowest BCUT2D eigenvalue weighted by Crippen LogP contribution is -2.62. The number of piperazine rings is 1. The van der Waals surface area contributed by atoms with Crippen LogP contribution in [0.2, 0.25) is 0 Å². The summed E-state index contributed by atoms with van der Waals surface area (Å²) in [7, 11) is 0. The predicted octanol–water partition coefficient (Wildman–Crippen LogP) is 1.88. The summed E-state index contributed by atoms with van der Waals surface area (Å²) in [5, 5.41) is 3.48. The minimum atomic E-state index is -2.35. The molecule has 1 saturated carbocycles. The van der Waals surface area contributed by atoms with E-state index in [1.54, 1.807) is 0 Å². The lowest BCUT2D eigenvalue weighted by molar-refractivity contribution is -0.0220. The number of nitrogens with zero attached hydrogens (tertiary/aromatic N) is 1. The van der Waals surface area contributed by atoms with E-state index in [1.807, 2.05) is 0 Å². The first-order valence-electron chi connectivity index (χ1n) is 7.05. The Labute approximate surface area is 108 Å². The van der Waals surface area contributed by atoms with E-state index >= 15 is 0 Å². The summed E-state index contributed by atoms with van der Waals surface area (Å²) < 4.78 is 29.0. The van der Waals surface area contributed by atoms with Gasteiger partial charge in [-0.2, -0.15) is 0 Å². The van der Waals surface area contributed by atoms with Crippen molar-refractivity contribution in [2.75, 3.05) is 39.4 Å². The molecule has 5 heteroatoms. The largest absolute Gasteiger partial charge is 0.374 e. The zero-order valence-corrected chi connectivity index (χ0v) is 11.0. The molecule has 0 unspecified atom stereocenters. The zero-order valence-electron chi connectivity index (χ0n) is 11.0. The summed E-state index contributed by atoms with van der Waals surface area (Å²) in [4.78, 5) is 2.47. The third-order valence-electron chi connectivity index (χ3n) is 4.22. The van der Waals surface area contributed by atoms with Gasteiger partial charge >= 0.3 is 0 Å². The molecule has 1 spiro atoms. The van der Waals surface area contributed by atoms with Crippen LogP contribution in [0, 0.1) is 0 Å². The SMILES string of the molecule is FC(F)COCCN1CCNCC12CCCCC2. The lowest BCUT2D eigenvalue weighted by Gasteiger charge is -2.50. The van der Waals surface area contributed by atoms with Crippen molar-refractivity contribution < 1.29 is 13.5 Å². The van der Waals surface area contributed by atoms with Gasteiger partial charge in [0, 0.05) is 31.7 Å². The van der Waals surface area contributed by atoms with Crippen LogP contribution in [-0.4, -0.2) is 56.3 Å². The Morgan fingerprint density at radius 1 is 1.22 bits per heavy atom. The molecule has 2 aliphatic rings. The van der Waals surface area contributed by atoms with Crippen molar-refractivity contribution in [1.82, 2.24) is 10.2 Å². The summed E-state index contributed by atoms with van der Waals surface area (Å²) >= 11 is 0. The van der Waals surface area contributed by atoms with Crippen LogP contribution in [0.15, 0.2) is 0 Å². The van der Waals surface area contributed by atoms with Gasteiger partial charge in [0.05, 0.1) is 6.61 Å². The number of nitrogens with one attached hydrogen (secondary N) is 1. The standard InChI is InChI=1S/C13H24F2N2O/c14-12(15)10-18-9-8-17-7-6-16-11-13(17)4-2-1-3-5-13/h12,16H,1-11H2. The van der Waals surface area contributed by atoms with Crippen LogP contribution in [0.3, 0.4) is 0 Å². The van der Waals surface area contributed by atoms with E-state index < -0.39 is 13.0 Å². The minimum Gasteiger partial charge on any atom is -0.374 e. The molecule has 18 heavy (non-hydrogen) atoms. The third kappa shape index (κ3) is 3.62. The van der Waals surface area contributed by atoms with E-state index in [9.17, 15) is 8.78 Å². The molecular weight excluding hydrogens is 238 g/mol. The summed E-state index contributed by atoms with van der Waals surface area (Å²) in [5.41, 5.74) is 0.269. The molecule has 0 aromatic carbocycles. The predicted molar refractivity (Wildman–Crippen MR) is 67.1 cm³/mol. The van der Waals surface area contributed by atoms with Crippen LogP contribution in [0.5, 0.6) is 0 Å². The molecule has 0 aromatic rings. The van der Waals surface area contributed by atoms with Crippen LogP contribution in [0.1, 0.15) is 32.1 Å². The van der Waals surface area contributed by atoms with Crippen LogP contribution in [-0.2, 0) is 4.74 Å². The highest BCUT2D eigenvalue weighted by atomic mass is 19.3. The van der Waals surface area contributed by atoms with Gasteiger partial charge in [0.25, 0.3) is 6.43 Å². The van der Waals surface area contributed by atoms with Gasteiger partial charge in [0.2, 0.25) is 0 Å². The van der Waals surface area contributed by atoms with Gasteiger partial charge in [0.1, 0.15) is 6.61 Å². The van der Waals surface area contributed by atoms with Crippen molar-refractivity contribution in [3.8, 4) is 0 Å². The average Bonchev–Trinajstić information content (AvgIpc) is 2.37. The molecular formula is C13H24F2N2O. The second-order valence-electron chi connectivity index (χ2n) is 5.41. The summed E-state index contributed by atoms with van der Waals surface area (Å²) in [6.45, 7) is 3.83. The van der Waals surface area contributed by atoms with E-state index in [0.29, 0.717) is 6.61 Å². The molecule has 1 heterocycles. The normalized spacial score (nSPS) is 24.8. The Morgan fingerprint density at radius 3 is 2.72 bits per heavy atom. The molecule has 1 saturated heterocycles. The van der Waals surface area contributed by atoms with Gasteiger partial charge in [-0.3, -0.25) is 4.90 Å². The number of hydrogen-bond donors (Lipinski definition) is 1. The van der Waals surface area contributed by atoms with Crippen molar-refractivity contribution >= 4 is 0 Å². The fourth-order valence-corrected chi connectivity index (χ4v) is 3.28. The van der Waals surface area contributed by atoms with Gasteiger partial charge in [-0.05, 0) is 12.8 Å². The maximum atomic E-state index is 12.0. The van der Waals surface area contributed by atoms with Gasteiger partial charge < -0.3 is 10.1 Å². The quantitative estimate of drug-likeness (QED) is 0.766. The fraction of sp³-hybridized carbons (Fsp3) is 1.00. The van der Waals surface area contributed by atoms with Crippen molar-refractivity contribution in [2.24, 2.45) is 0 Å². The maximum Gasteiger partial charge on any atom is 0.261 e. The van der Waals surface area contributed by atoms with E-state index in [1.165, 1.54) is 32.1 Å². The van der Waals surface area contributed by atoms with Gasteiger partial charge in [-0.15, -0.1) is 0 Å². The second kappa shape index (κ2) is 6.78. The molecule has 3 nitrogen and oxygen atoms in total. The first-order valence-corrected chi connectivity index (χ1v) is 7.05. The molecule has 0 bridgehead atoms. The molecule has 1 N–H and O–H groups in total. The molecule has 0 radical (unpaired) electrons. The number of ether oxygens (including phenoxy) is 1. The van der Waals surface area contributed by atoms with Crippen LogP contribution in [0.25, 0.3) is 0 Å². The lowest BCUT2D eigenvalue weighted by atomic mass is 9.79. The number of rotatable bonds is 5. The van der Waals surface area contributed by atoms with Crippen molar-refractivity contribution in [2.45, 2.75) is 44.1 Å². The minimum absolute atomic E-state index is 0.269. The molecule has 2 fully saturated rings. The molecule has 1 aliphatic carbocycles. The number of halogens is 2. The summed E-state index contributed by atoms with van der Waals surface area (Å²) in [5.74, 6) is 0. The highest BCUT2D eigenvalue weighted by Gasteiger charge is 2.39. The van der Waals surface area contributed by atoms with Crippen molar-refractivity contribution in [3.63, 3.8) is 0 Å². The Balaban J connectivity index is 1.80. The average molecular weight is 262 g/mol. The Hall–Kier alpha value is -0.260. The first-order chi connectivity index (χ1) is 8.73. The van der Waals surface area contributed by atoms with Crippen molar-refractivity contribution in [1.29, 1.82) is 0 Å². The Kier molecular flexibility index (Phi) is 5.33. The smallest absolute Gasteiger partial charge is 0.261 e. The maximum absolute atomic E-state index is 12.0. The van der Waals surface area contributed by atoms with E-state index in [0.717, 1.165) is 26.2 Å². The highest BCUT2D eigenvalue weighted by molar-refractivity contribution is 4.97. The van der Waals surface area contributed by atoms with Crippen molar-refractivity contribution in [3.05, 3.63) is 0 Å². The highest BCUT2D eigenvalue weighted by Crippen LogP contribution is 2.34. The number of hydrogen-bond acceptors (Lipinski definition) is 3. The van der Waals surface area contributed by atoms with Crippen LogP contribution < -0.4 is 5.32 Å². The van der Waals surface area contributed by atoms with Crippen LogP contribution >= 0.6 is 0 Å². The van der Waals surface area contributed by atoms with E-state index in [4.69, 9.17) is 4.74 Å². The monoisotopic (exact) mass is 262 g/mol. The molecule has 106 valence electrons. The van der Waals surface area contributed by atoms with Gasteiger partial charge in [-0.1, -0.05) is 19.3 Å². The van der Waals surface area contributed by atoms with Crippen LogP contribution in [0.4, 0.5) is 8.78 Å². The fourth-order valence-electron chi connectivity index (χ4n) is 3.28. The van der Waals surface area contributed by atoms with Gasteiger partial charge in [0.15, 0.2) is 0 Å². The van der Waals surface area contributed by atoms with Gasteiger partial charge in [-0.25, -0.2) is 8.78 Å². The topological polar surface area (TPSA) is 24.5 Å². The van der Waals surface area contributed by atoms with E-state index in [-0.39, 0.29) is 5.54 Å². The zero-order chi connectivity index (χ0) is 12.8. The molecule has 2 rings (SSSR count). The molecule has 0 atom stereocenters. The summed E-state index contributed by atoms with van der Waals surface area (Å²) in [6.07, 6.45) is 4.02.